The Morgan fingerprint density at radius 3 is 2.50 bits per heavy atom. The van der Waals surface area contributed by atoms with E-state index in [0.29, 0.717) is 5.71 Å². The summed E-state index contributed by atoms with van der Waals surface area (Å²) in [7, 11) is 0. The van der Waals surface area contributed by atoms with Crippen LogP contribution in [0.25, 0.3) is 0 Å². The van der Waals surface area contributed by atoms with Crippen molar-refractivity contribution < 1.29 is 4.79 Å². The zero-order valence-electron chi connectivity index (χ0n) is 15.1. The third-order valence-electron chi connectivity index (χ3n) is 4.72. The number of fused-ring (bicyclic) bond motifs is 3. The van der Waals surface area contributed by atoms with Crippen molar-refractivity contribution in [2.24, 2.45) is 10.2 Å². The van der Waals surface area contributed by atoms with Crippen LogP contribution in [-0.2, 0) is 4.79 Å². The van der Waals surface area contributed by atoms with Crippen LogP contribution >= 0.6 is 11.8 Å². The number of amides is 1. The van der Waals surface area contributed by atoms with Gasteiger partial charge in [0.05, 0.1) is 22.8 Å². The fourth-order valence-corrected chi connectivity index (χ4v) is 4.22. The van der Waals surface area contributed by atoms with Crippen molar-refractivity contribution in [2.45, 2.75) is 16.7 Å². The van der Waals surface area contributed by atoms with Gasteiger partial charge in [-0.3, -0.25) is 4.79 Å². The van der Waals surface area contributed by atoms with Crippen molar-refractivity contribution in [3.8, 4) is 0 Å². The summed E-state index contributed by atoms with van der Waals surface area (Å²) in [6.45, 7) is 1.90. The average Bonchev–Trinajstić information content (AvgIpc) is 3.05. The second kappa shape index (κ2) is 6.65. The molecule has 2 aliphatic rings. The average molecular weight is 384 g/mol. The number of carbonyl (C=O) groups is 1. The predicted octanol–water partition coefficient (Wildman–Crippen LogP) is 5.06. The second-order valence-electron chi connectivity index (χ2n) is 6.57. The first-order chi connectivity index (χ1) is 13.7. The summed E-state index contributed by atoms with van der Waals surface area (Å²) in [4.78, 5) is 14.6. The maximum absolute atomic E-state index is 12.2. The van der Waals surface area contributed by atoms with Gasteiger partial charge in [0.1, 0.15) is 0 Å². The number of nitrogens with one attached hydrogen (secondary N) is 2. The Balaban J connectivity index is 1.45. The van der Waals surface area contributed by atoms with Crippen molar-refractivity contribution in [1.82, 2.24) is 0 Å². The molecule has 2 heterocycles. The highest BCUT2D eigenvalue weighted by Gasteiger charge is 2.25. The number of rotatable bonds is 2. The van der Waals surface area contributed by atoms with E-state index >= 15 is 0 Å². The first-order valence-electron chi connectivity index (χ1n) is 8.90. The van der Waals surface area contributed by atoms with E-state index in [0.717, 1.165) is 33.9 Å². The fourth-order valence-electron chi connectivity index (χ4n) is 3.25. The van der Waals surface area contributed by atoms with Crippen LogP contribution in [0.4, 0.5) is 17.1 Å². The van der Waals surface area contributed by atoms with Crippen LogP contribution in [0.3, 0.4) is 0 Å². The highest BCUT2D eigenvalue weighted by atomic mass is 32.2. The van der Waals surface area contributed by atoms with Gasteiger partial charge in [-0.15, -0.1) is 5.10 Å². The molecule has 0 unspecified atom stereocenters. The number of anilines is 3. The maximum atomic E-state index is 12.2. The molecule has 0 saturated carbocycles. The van der Waals surface area contributed by atoms with E-state index in [9.17, 15) is 4.79 Å². The summed E-state index contributed by atoms with van der Waals surface area (Å²) in [6, 6.07) is 21.9. The van der Waals surface area contributed by atoms with Crippen LogP contribution in [0.5, 0.6) is 0 Å². The molecule has 2 N–H and O–H groups in total. The van der Waals surface area contributed by atoms with E-state index < -0.39 is 0 Å². The van der Waals surface area contributed by atoms with Crippen molar-refractivity contribution in [1.29, 1.82) is 0 Å². The number of para-hydroxylation sites is 2. The quantitative estimate of drug-likeness (QED) is 0.375. The van der Waals surface area contributed by atoms with Crippen LogP contribution in [0, 0.1) is 0 Å². The highest BCUT2D eigenvalue weighted by Crippen LogP contribution is 2.44. The third kappa shape index (κ3) is 2.88. The molecule has 5 nitrogen and oxygen atoms in total. The fraction of sp³-hybridized carbons (Fsp3) is 0.0455. The van der Waals surface area contributed by atoms with E-state index in [1.54, 1.807) is 11.8 Å². The van der Waals surface area contributed by atoms with Gasteiger partial charge in [-0.25, -0.2) is 0 Å². The van der Waals surface area contributed by atoms with Crippen LogP contribution in [0.1, 0.15) is 18.1 Å². The van der Waals surface area contributed by atoms with Gasteiger partial charge in [0.25, 0.3) is 5.91 Å². The minimum atomic E-state index is -0.224. The lowest BCUT2D eigenvalue weighted by atomic mass is 10.1. The largest absolute Gasteiger partial charge is 0.354 e. The minimum Gasteiger partial charge on any atom is -0.354 e. The molecule has 0 aromatic heterocycles. The Bertz CT molecular complexity index is 1180. The predicted molar refractivity (Wildman–Crippen MR) is 114 cm³/mol. The molecular formula is C22H16N4OS. The van der Waals surface area contributed by atoms with E-state index in [2.05, 4.69) is 45.1 Å². The molecular weight excluding hydrogens is 368 g/mol. The van der Waals surface area contributed by atoms with E-state index in [4.69, 9.17) is 0 Å². The summed E-state index contributed by atoms with van der Waals surface area (Å²) in [5.41, 5.74) is 5.76. The first kappa shape index (κ1) is 16.8. The normalized spacial score (nSPS) is 16.1. The lowest BCUT2D eigenvalue weighted by molar-refractivity contribution is -0.110. The number of hydrogen-bond donors (Lipinski definition) is 2. The molecule has 1 amide bonds. The topological polar surface area (TPSA) is 65.8 Å². The van der Waals surface area contributed by atoms with Gasteiger partial charge in [0.2, 0.25) is 0 Å². The van der Waals surface area contributed by atoms with E-state index in [1.807, 2.05) is 49.4 Å². The van der Waals surface area contributed by atoms with Gasteiger partial charge in [-0.2, -0.15) is 5.10 Å². The monoisotopic (exact) mass is 384 g/mol. The van der Waals surface area contributed by atoms with E-state index in [1.165, 1.54) is 9.79 Å². The number of hydrogen-bond acceptors (Lipinski definition) is 5. The molecule has 3 aromatic carbocycles. The molecule has 0 saturated heterocycles. The molecule has 28 heavy (non-hydrogen) atoms. The van der Waals surface area contributed by atoms with Gasteiger partial charge >= 0.3 is 0 Å². The van der Waals surface area contributed by atoms with Crippen LogP contribution in [0.2, 0.25) is 0 Å². The SMILES string of the molecule is C/C(=N/N=C1C(=O)Nc2ccccc21)c1ccc2c(c1)Nc1ccccc1S2. The Morgan fingerprint density at radius 1 is 0.857 bits per heavy atom. The first-order valence-corrected chi connectivity index (χ1v) is 9.72. The molecule has 5 rings (SSSR count). The lowest BCUT2D eigenvalue weighted by Crippen LogP contribution is -2.14. The summed E-state index contributed by atoms with van der Waals surface area (Å²) in [6.07, 6.45) is 0. The Labute approximate surface area is 166 Å². The molecule has 0 radical (unpaired) electrons. The van der Waals surface area contributed by atoms with Crippen molar-refractivity contribution in [3.63, 3.8) is 0 Å². The van der Waals surface area contributed by atoms with Crippen molar-refractivity contribution in [3.05, 3.63) is 77.9 Å². The van der Waals surface area contributed by atoms with Crippen molar-refractivity contribution in [2.75, 3.05) is 10.6 Å². The standard InChI is InChI=1S/C22H16N4OS/c1-13(25-26-21-15-6-2-3-7-16(15)24-22(21)27)14-10-11-20-18(12-14)23-17-8-4-5-9-19(17)28-20/h2-12,23H,1H3,(H,24,26,27)/b25-13-. The lowest BCUT2D eigenvalue weighted by Gasteiger charge is -2.21. The van der Waals surface area contributed by atoms with Gasteiger partial charge in [-0.05, 0) is 42.8 Å². The number of carbonyl (C=O) groups excluding carboxylic acids is 1. The molecule has 3 aromatic rings. The summed E-state index contributed by atoms with van der Waals surface area (Å²) in [5.74, 6) is -0.224. The Kier molecular flexibility index (Phi) is 3.98. The maximum Gasteiger partial charge on any atom is 0.276 e. The molecule has 0 bridgehead atoms. The number of benzene rings is 3. The van der Waals surface area contributed by atoms with Crippen LogP contribution < -0.4 is 10.6 Å². The number of nitrogens with zero attached hydrogens (tertiary/aromatic N) is 2. The molecule has 136 valence electrons. The summed E-state index contributed by atoms with van der Waals surface area (Å²) < 4.78 is 0. The Hall–Kier alpha value is -3.38. The van der Waals surface area contributed by atoms with Gasteiger partial charge in [-0.1, -0.05) is 48.2 Å². The summed E-state index contributed by atoms with van der Waals surface area (Å²) >= 11 is 1.75. The molecule has 0 fully saturated rings. The zero-order chi connectivity index (χ0) is 19.1. The molecule has 2 aliphatic heterocycles. The molecule has 0 aliphatic carbocycles. The third-order valence-corrected chi connectivity index (χ3v) is 5.87. The zero-order valence-corrected chi connectivity index (χ0v) is 15.9. The molecule has 6 heteroatoms. The molecule has 0 atom stereocenters. The van der Waals surface area contributed by atoms with Crippen LogP contribution in [-0.4, -0.2) is 17.3 Å². The summed E-state index contributed by atoms with van der Waals surface area (Å²) in [5, 5.41) is 14.9. The molecule has 0 spiro atoms. The highest BCUT2D eigenvalue weighted by molar-refractivity contribution is 7.99. The van der Waals surface area contributed by atoms with Gasteiger partial charge in [0.15, 0.2) is 5.71 Å². The Morgan fingerprint density at radius 2 is 1.61 bits per heavy atom. The van der Waals surface area contributed by atoms with Crippen LogP contribution in [0.15, 0.2) is 86.7 Å². The van der Waals surface area contributed by atoms with Gasteiger partial charge in [0, 0.05) is 15.4 Å². The smallest absolute Gasteiger partial charge is 0.276 e. The van der Waals surface area contributed by atoms with Gasteiger partial charge < -0.3 is 10.6 Å². The minimum absolute atomic E-state index is 0.224. The van der Waals surface area contributed by atoms with Crippen molar-refractivity contribution >= 4 is 46.2 Å². The second-order valence-corrected chi connectivity index (χ2v) is 7.65. The van der Waals surface area contributed by atoms with E-state index in [-0.39, 0.29) is 5.91 Å².